The van der Waals surface area contributed by atoms with E-state index < -0.39 is 5.60 Å². The molecule has 0 saturated carbocycles. The summed E-state index contributed by atoms with van der Waals surface area (Å²) in [5.74, 6) is 0.448. The number of rotatable bonds is 3. The van der Waals surface area contributed by atoms with E-state index in [4.69, 9.17) is 9.47 Å². The predicted molar refractivity (Wildman–Crippen MR) is 84.8 cm³/mol. The maximum Gasteiger partial charge on any atom is 0.328 e. The molecule has 1 heterocycles. The Bertz CT molecular complexity index is 644. The van der Waals surface area contributed by atoms with E-state index in [9.17, 15) is 4.79 Å². The van der Waals surface area contributed by atoms with Crippen molar-refractivity contribution in [3.63, 3.8) is 0 Å². The Morgan fingerprint density at radius 2 is 2.10 bits per heavy atom. The standard InChI is InChI=1S/C14H17IN2O3/c1-14(2,3)20-11(18)8-17-9-6-5-7-10(19-4)12(9)13(15)16-17/h5-7H,8H2,1-4H3. The van der Waals surface area contributed by atoms with E-state index in [2.05, 4.69) is 27.7 Å². The average molecular weight is 388 g/mol. The molecule has 0 unspecified atom stereocenters. The van der Waals surface area contributed by atoms with Gasteiger partial charge in [0.15, 0.2) is 0 Å². The highest BCUT2D eigenvalue weighted by molar-refractivity contribution is 14.1. The number of fused-ring (bicyclic) bond motifs is 1. The second-order valence-electron chi connectivity index (χ2n) is 5.39. The summed E-state index contributed by atoms with van der Waals surface area (Å²) in [6, 6.07) is 5.67. The fourth-order valence-corrected chi connectivity index (χ4v) is 2.74. The molecule has 0 atom stereocenters. The third kappa shape index (κ3) is 3.23. The number of ether oxygens (including phenoxy) is 2. The van der Waals surface area contributed by atoms with Gasteiger partial charge in [-0.3, -0.25) is 9.48 Å². The highest BCUT2D eigenvalue weighted by atomic mass is 127. The topological polar surface area (TPSA) is 53.4 Å². The van der Waals surface area contributed by atoms with Crippen LogP contribution in [0.2, 0.25) is 0 Å². The number of nitrogens with zero attached hydrogens (tertiary/aromatic N) is 2. The molecule has 6 heteroatoms. The summed E-state index contributed by atoms with van der Waals surface area (Å²) >= 11 is 2.14. The first-order valence-electron chi connectivity index (χ1n) is 6.22. The van der Waals surface area contributed by atoms with Crippen LogP contribution in [0.5, 0.6) is 5.75 Å². The number of esters is 1. The quantitative estimate of drug-likeness (QED) is 0.599. The first-order valence-corrected chi connectivity index (χ1v) is 7.30. The third-order valence-corrected chi connectivity index (χ3v) is 3.37. The van der Waals surface area contributed by atoms with Crippen molar-refractivity contribution >= 4 is 39.5 Å². The summed E-state index contributed by atoms with van der Waals surface area (Å²) in [7, 11) is 1.62. The van der Waals surface area contributed by atoms with Gasteiger partial charge in [-0.25, -0.2) is 0 Å². The van der Waals surface area contributed by atoms with Crippen molar-refractivity contribution in [3.05, 3.63) is 21.9 Å². The van der Waals surface area contributed by atoms with E-state index in [0.717, 1.165) is 20.4 Å². The number of carbonyl (C=O) groups is 1. The van der Waals surface area contributed by atoms with E-state index in [0.29, 0.717) is 0 Å². The van der Waals surface area contributed by atoms with Crippen molar-refractivity contribution in [1.29, 1.82) is 0 Å². The Kier molecular flexibility index (Phi) is 4.22. The van der Waals surface area contributed by atoms with Gasteiger partial charge in [-0.1, -0.05) is 6.07 Å². The molecule has 0 amide bonds. The minimum atomic E-state index is -0.495. The zero-order chi connectivity index (χ0) is 14.9. The fourth-order valence-electron chi connectivity index (χ4n) is 1.94. The molecule has 0 saturated heterocycles. The maximum absolute atomic E-state index is 11.9. The third-order valence-electron chi connectivity index (χ3n) is 2.62. The molecule has 0 aliphatic rings. The molecule has 0 N–H and O–H groups in total. The van der Waals surface area contributed by atoms with Gasteiger partial charge in [0.05, 0.1) is 18.0 Å². The lowest BCUT2D eigenvalue weighted by Gasteiger charge is -2.19. The van der Waals surface area contributed by atoms with E-state index in [-0.39, 0.29) is 12.5 Å². The minimum absolute atomic E-state index is 0.0872. The van der Waals surface area contributed by atoms with Crippen molar-refractivity contribution in [2.24, 2.45) is 0 Å². The minimum Gasteiger partial charge on any atom is -0.496 e. The molecular formula is C14H17IN2O3. The molecule has 0 aliphatic carbocycles. The van der Waals surface area contributed by atoms with Gasteiger partial charge >= 0.3 is 5.97 Å². The van der Waals surface area contributed by atoms with E-state index in [1.165, 1.54) is 0 Å². The Hall–Kier alpha value is -1.31. The summed E-state index contributed by atoms with van der Waals surface area (Å²) in [5, 5.41) is 5.31. The van der Waals surface area contributed by atoms with Crippen LogP contribution in [0, 0.1) is 3.70 Å². The van der Waals surface area contributed by atoms with Gasteiger partial charge in [-0.15, -0.1) is 0 Å². The number of hydrogen-bond acceptors (Lipinski definition) is 4. The van der Waals surface area contributed by atoms with Crippen LogP contribution in [0.25, 0.3) is 10.9 Å². The zero-order valence-electron chi connectivity index (χ0n) is 11.9. The Morgan fingerprint density at radius 3 is 2.70 bits per heavy atom. The Balaban J connectivity index is 2.35. The van der Waals surface area contributed by atoms with Crippen LogP contribution in [-0.4, -0.2) is 28.5 Å². The smallest absolute Gasteiger partial charge is 0.328 e. The molecule has 0 aliphatic heterocycles. The summed E-state index contributed by atoms with van der Waals surface area (Å²) in [4.78, 5) is 11.9. The monoisotopic (exact) mass is 388 g/mol. The highest BCUT2D eigenvalue weighted by Crippen LogP contribution is 2.29. The molecule has 2 aromatic rings. The second-order valence-corrected chi connectivity index (χ2v) is 6.41. The number of methoxy groups -OCH3 is 1. The van der Waals surface area contributed by atoms with Gasteiger partial charge in [0.1, 0.15) is 21.6 Å². The molecule has 1 aromatic heterocycles. The molecule has 0 spiro atoms. The Morgan fingerprint density at radius 1 is 1.40 bits per heavy atom. The van der Waals surface area contributed by atoms with Crippen molar-refractivity contribution in [2.75, 3.05) is 7.11 Å². The summed E-state index contributed by atoms with van der Waals surface area (Å²) in [6.07, 6.45) is 0. The number of halogens is 1. The van der Waals surface area contributed by atoms with Gasteiger partial charge in [0.25, 0.3) is 0 Å². The number of aromatic nitrogens is 2. The van der Waals surface area contributed by atoms with Crippen LogP contribution < -0.4 is 4.74 Å². The SMILES string of the molecule is COc1cccc2c1c(I)nn2CC(=O)OC(C)(C)C. The summed E-state index contributed by atoms with van der Waals surface area (Å²) < 4.78 is 13.1. The van der Waals surface area contributed by atoms with Gasteiger partial charge in [-0.2, -0.15) is 5.10 Å². The molecule has 1 aromatic carbocycles. The lowest BCUT2D eigenvalue weighted by Crippen LogP contribution is -2.26. The lowest BCUT2D eigenvalue weighted by molar-refractivity contribution is -0.155. The summed E-state index contributed by atoms with van der Waals surface area (Å²) in [6.45, 7) is 5.63. The number of benzene rings is 1. The first-order chi connectivity index (χ1) is 9.31. The van der Waals surface area contributed by atoms with Crippen LogP contribution >= 0.6 is 22.6 Å². The number of carbonyl (C=O) groups excluding carboxylic acids is 1. The van der Waals surface area contributed by atoms with Crippen molar-refractivity contribution in [2.45, 2.75) is 32.9 Å². The van der Waals surface area contributed by atoms with Gasteiger partial charge in [0, 0.05) is 0 Å². The average Bonchev–Trinajstić information content (AvgIpc) is 2.64. The molecule has 2 rings (SSSR count). The second kappa shape index (κ2) is 5.59. The van der Waals surface area contributed by atoms with E-state index in [1.807, 2.05) is 39.0 Å². The molecule has 0 radical (unpaired) electrons. The number of hydrogen-bond donors (Lipinski definition) is 0. The Labute approximate surface area is 131 Å². The molecule has 5 nitrogen and oxygen atoms in total. The van der Waals surface area contributed by atoms with Crippen LogP contribution in [0.4, 0.5) is 0 Å². The molecule has 0 fully saturated rings. The van der Waals surface area contributed by atoms with Crippen LogP contribution in [0.15, 0.2) is 18.2 Å². The van der Waals surface area contributed by atoms with Crippen molar-refractivity contribution in [3.8, 4) is 5.75 Å². The van der Waals surface area contributed by atoms with Gasteiger partial charge < -0.3 is 9.47 Å². The zero-order valence-corrected chi connectivity index (χ0v) is 14.1. The van der Waals surface area contributed by atoms with E-state index in [1.54, 1.807) is 11.8 Å². The molecule has 108 valence electrons. The van der Waals surface area contributed by atoms with Crippen molar-refractivity contribution in [1.82, 2.24) is 9.78 Å². The van der Waals surface area contributed by atoms with Crippen LogP contribution in [-0.2, 0) is 16.1 Å². The predicted octanol–water partition coefficient (Wildman–Crippen LogP) is 2.99. The van der Waals surface area contributed by atoms with Gasteiger partial charge in [0.2, 0.25) is 0 Å². The normalized spacial score (nSPS) is 11.7. The van der Waals surface area contributed by atoms with Crippen LogP contribution in [0.1, 0.15) is 20.8 Å². The van der Waals surface area contributed by atoms with Gasteiger partial charge in [-0.05, 0) is 55.5 Å². The summed E-state index contributed by atoms with van der Waals surface area (Å²) in [5.41, 5.74) is 0.366. The maximum atomic E-state index is 11.9. The highest BCUT2D eigenvalue weighted by Gasteiger charge is 2.19. The lowest BCUT2D eigenvalue weighted by atomic mass is 10.2. The molecule has 0 bridgehead atoms. The van der Waals surface area contributed by atoms with Crippen LogP contribution in [0.3, 0.4) is 0 Å². The fraction of sp³-hybridized carbons (Fsp3) is 0.429. The molecular weight excluding hydrogens is 371 g/mol. The first kappa shape index (κ1) is 15.1. The molecule has 20 heavy (non-hydrogen) atoms. The van der Waals surface area contributed by atoms with E-state index >= 15 is 0 Å². The largest absolute Gasteiger partial charge is 0.496 e. The van der Waals surface area contributed by atoms with Crippen molar-refractivity contribution < 1.29 is 14.3 Å².